The largest absolute Gasteiger partial charge is 0.338 e. The molecule has 0 fully saturated rings. The summed E-state index contributed by atoms with van der Waals surface area (Å²) in [6.45, 7) is 2.56. The molecule has 3 aromatic heterocycles. The minimum Gasteiger partial charge on any atom is -0.338 e. The number of thiophene rings is 1. The third kappa shape index (κ3) is 2.58. The van der Waals surface area contributed by atoms with Crippen LogP contribution in [0.25, 0.3) is 27.6 Å². The summed E-state index contributed by atoms with van der Waals surface area (Å²) in [6, 6.07) is 11.8. The molecule has 1 aliphatic carbocycles. The van der Waals surface area contributed by atoms with Crippen LogP contribution >= 0.6 is 11.3 Å². The molecule has 5 rings (SSSR count). The number of carbonyl (C=O) groups is 2. The maximum absolute atomic E-state index is 15.3. The number of allylic oxidation sites excluding steroid dienone is 1. The number of benzene rings is 1. The zero-order valence-electron chi connectivity index (χ0n) is 15.3. The minimum absolute atomic E-state index is 0.0519. The predicted molar refractivity (Wildman–Crippen MR) is 110 cm³/mol. The molecule has 0 N–H and O–H groups in total. The Morgan fingerprint density at radius 3 is 2.34 bits per heavy atom. The molecule has 0 bridgehead atoms. The van der Waals surface area contributed by atoms with Gasteiger partial charge in [0.15, 0.2) is 17.4 Å². The van der Waals surface area contributed by atoms with Crippen molar-refractivity contribution in [2.45, 2.75) is 13.5 Å². The Labute approximate surface area is 169 Å². The fourth-order valence-corrected chi connectivity index (χ4v) is 4.78. The maximum atomic E-state index is 15.3. The lowest BCUT2D eigenvalue weighted by Gasteiger charge is -2.07. The van der Waals surface area contributed by atoms with Gasteiger partial charge in [-0.1, -0.05) is 30.3 Å². The van der Waals surface area contributed by atoms with Crippen molar-refractivity contribution in [1.29, 1.82) is 0 Å². The van der Waals surface area contributed by atoms with E-state index in [9.17, 15) is 9.59 Å². The van der Waals surface area contributed by atoms with Gasteiger partial charge in [-0.15, -0.1) is 11.3 Å². The van der Waals surface area contributed by atoms with Gasteiger partial charge in [-0.2, -0.15) is 10.2 Å². The van der Waals surface area contributed by atoms with Crippen molar-refractivity contribution in [2.75, 3.05) is 0 Å². The monoisotopic (exact) mass is 403 g/mol. The van der Waals surface area contributed by atoms with Gasteiger partial charge in [0.05, 0.1) is 44.2 Å². The molecular weight excluding hydrogens is 389 g/mol. The van der Waals surface area contributed by atoms with Crippen LogP contribution in [0.1, 0.15) is 32.5 Å². The molecule has 0 aliphatic heterocycles. The van der Waals surface area contributed by atoms with Crippen LogP contribution in [-0.2, 0) is 6.54 Å². The third-order valence-electron chi connectivity index (χ3n) is 5.08. The van der Waals surface area contributed by atoms with Crippen molar-refractivity contribution >= 4 is 39.2 Å². The van der Waals surface area contributed by atoms with Gasteiger partial charge < -0.3 is 4.57 Å². The summed E-state index contributed by atoms with van der Waals surface area (Å²) in [7, 11) is 0. The molecule has 142 valence electrons. The molecule has 29 heavy (non-hydrogen) atoms. The molecule has 7 heteroatoms. The Hall–Kier alpha value is -3.45. The summed E-state index contributed by atoms with van der Waals surface area (Å²) in [5, 5.41) is 7.33. The van der Waals surface area contributed by atoms with Crippen LogP contribution < -0.4 is 0 Å². The summed E-state index contributed by atoms with van der Waals surface area (Å²) in [5.41, 5.74) is 2.80. The Morgan fingerprint density at radius 2 is 1.72 bits per heavy atom. The van der Waals surface area contributed by atoms with Crippen molar-refractivity contribution in [3.63, 3.8) is 0 Å². The second-order valence-corrected chi connectivity index (χ2v) is 7.75. The zero-order chi connectivity index (χ0) is 20.1. The topological polar surface area (TPSA) is 64.8 Å². The Kier molecular flexibility index (Phi) is 3.99. The highest BCUT2D eigenvalue weighted by atomic mass is 32.1. The van der Waals surface area contributed by atoms with E-state index in [2.05, 4.69) is 10.2 Å². The molecule has 0 saturated heterocycles. The average molecular weight is 403 g/mol. The number of hydrogen-bond acceptors (Lipinski definition) is 5. The minimum atomic E-state index is -0.444. The maximum Gasteiger partial charge on any atom is 0.199 e. The molecule has 0 atom stereocenters. The van der Waals surface area contributed by atoms with Gasteiger partial charge >= 0.3 is 0 Å². The first-order valence-electron chi connectivity index (χ1n) is 9.09. The van der Waals surface area contributed by atoms with E-state index < -0.39 is 17.4 Å². The van der Waals surface area contributed by atoms with Crippen molar-refractivity contribution in [3.05, 3.63) is 76.2 Å². The molecule has 0 saturated carbocycles. The molecule has 0 unspecified atom stereocenters. The number of Topliss-reactive ketones (excluding diaryl/α,β-unsaturated/α-hetero) is 2. The molecule has 5 nitrogen and oxygen atoms in total. The summed E-state index contributed by atoms with van der Waals surface area (Å²) in [6.07, 6.45) is 3.90. The molecule has 0 amide bonds. The zero-order valence-corrected chi connectivity index (χ0v) is 16.2. The average Bonchev–Trinajstić information content (AvgIpc) is 3.35. The molecule has 0 radical (unpaired) electrons. The second kappa shape index (κ2) is 6.56. The first kappa shape index (κ1) is 17.6. The van der Waals surface area contributed by atoms with Gasteiger partial charge in [0, 0.05) is 12.2 Å². The van der Waals surface area contributed by atoms with E-state index in [1.54, 1.807) is 0 Å². The second-order valence-electron chi connectivity index (χ2n) is 6.67. The normalized spacial score (nSPS) is 13.4. The first-order chi connectivity index (χ1) is 14.1. The van der Waals surface area contributed by atoms with E-state index >= 15 is 4.39 Å². The van der Waals surface area contributed by atoms with E-state index in [0.29, 0.717) is 12.1 Å². The lowest BCUT2D eigenvalue weighted by molar-refractivity contribution is 0.0990. The summed E-state index contributed by atoms with van der Waals surface area (Å²) < 4.78 is 18.0. The van der Waals surface area contributed by atoms with Crippen LogP contribution in [0.3, 0.4) is 0 Å². The molecule has 0 spiro atoms. The van der Waals surface area contributed by atoms with Crippen LogP contribution in [0, 0.1) is 5.82 Å². The SMILES string of the molecule is CCn1c(-c2ccccc2)cc2sc(C=C3C(=O)c4cnncc4C3=O)c(F)c21. The van der Waals surface area contributed by atoms with Crippen molar-refractivity contribution in [2.24, 2.45) is 0 Å². The quantitative estimate of drug-likeness (QED) is 0.365. The summed E-state index contributed by atoms with van der Waals surface area (Å²) >= 11 is 1.23. The Balaban J connectivity index is 1.64. The first-order valence-corrected chi connectivity index (χ1v) is 9.90. The molecule has 3 heterocycles. The van der Waals surface area contributed by atoms with Gasteiger partial charge in [0.1, 0.15) is 0 Å². The Bertz CT molecular complexity index is 1300. The number of hydrogen-bond donors (Lipinski definition) is 0. The molecule has 1 aliphatic rings. The lowest BCUT2D eigenvalue weighted by Crippen LogP contribution is -2.01. The number of aryl methyl sites for hydroxylation is 1. The number of carbonyl (C=O) groups excluding carboxylic acids is 2. The summed E-state index contributed by atoms with van der Waals surface area (Å²) in [5.74, 6) is -1.31. The van der Waals surface area contributed by atoms with E-state index in [0.717, 1.165) is 16.0 Å². The number of nitrogens with zero attached hydrogens (tertiary/aromatic N) is 3. The molecule has 1 aromatic carbocycles. The predicted octanol–water partition coefficient (Wildman–Crippen LogP) is 4.78. The highest BCUT2D eigenvalue weighted by Gasteiger charge is 2.34. The van der Waals surface area contributed by atoms with Crippen molar-refractivity contribution in [3.8, 4) is 11.3 Å². The number of rotatable bonds is 3. The fourth-order valence-electron chi connectivity index (χ4n) is 3.72. The van der Waals surface area contributed by atoms with E-state index in [4.69, 9.17) is 0 Å². The lowest BCUT2D eigenvalue weighted by atomic mass is 10.1. The van der Waals surface area contributed by atoms with Crippen LogP contribution in [-0.4, -0.2) is 26.3 Å². The molecular formula is C22H14FN3O2S. The van der Waals surface area contributed by atoms with Crippen LogP contribution in [0.5, 0.6) is 0 Å². The number of halogens is 1. The highest BCUT2D eigenvalue weighted by Crippen LogP contribution is 2.38. The van der Waals surface area contributed by atoms with Crippen molar-refractivity contribution < 1.29 is 14.0 Å². The fraction of sp³-hybridized carbons (Fsp3) is 0.0909. The molecule has 4 aromatic rings. The number of ketones is 2. The standard InChI is InChI=1S/C22H14FN3O2S/c1-2-26-16(12-6-4-3-5-7-12)9-18-20(26)19(23)17(29-18)8-13-21(27)14-10-24-25-11-15(14)22(13)28/h3-11H,2H2,1H3. The van der Waals surface area contributed by atoms with E-state index in [1.807, 2.05) is 47.9 Å². The number of aromatic nitrogens is 3. The van der Waals surface area contributed by atoms with Gasteiger partial charge in [-0.3, -0.25) is 9.59 Å². The van der Waals surface area contributed by atoms with Crippen LogP contribution in [0.15, 0.2) is 54.4 Å². The van der Waals surface area contributed by atoms with Crippen LogP contribution in [0.4, 0.5) is 4.39 Å². The van der Waals surface area contributed by atoms with Gasteiger partial charge in [0.25, 0.3) is 0 Å². The van der Waals surface area contributed by atoms with Crippen LogP contribution in [0.2, 0.25) is 0 Å². The van der Waals surface area contributed by atoms with E-state index in [-0.39, 0.29) is 21.6 Å². The van der Waals surface area contributed by atoms with Gasteiger partial charge in [-0.25, -0.2) is 4.39 Å². The summed E-state index contributed by atoms with van der Waals surface area (Å²) in [4.78, 5) is 25.4. The van der Waals surface area contributed by atoms with E-state index in [1.165, 1.54) is 29.8 Å². The van der Waals surface area contributed by atoms with Gasteiger partial charge in [-0.05, 0) is 24.6 Å². The number of fused-ring (bicyclic) bond motifs is 2. The Morgan fingerprint density at radius 1 is 1.07 bits per heavy atom. The highest BCUT2D eigenvalue weighted by molar-refractivity contribution is 7.20. The van der Waals surface area contributed by atoms with Gasteiger partial charge in [0.2, 0.25) is 0 Å². The third-order valence-corrected chi connectivity index (χ3v) is 6.12. The smallest absolute Gasteiger partial charge is 0.199 e. The van der Waals surface area contributed by atoms with Crippen molar-refractivity contribution in [1.82, 2.24) is 14.8 Å².